The van der Waals surface area contributed by atoms with Crippen LogP contribution in [0.25, 0.3) is 0 Å². The summed E-state index contributed by atoms with van der Waals surface area (Å²) in [6.07, 6.45) is 3.19. The van der Waals surface area contributed by atoms with E-state index in [0.717, 1.165) is 24.3 Å². The molecule has 0 amide bonds. The van der Waals surface area contributed by atoms with Crippen molar-refractivity contribution in [1.82, 2.24) is 0 Å². The second kappa shape index (κ2) is 6.81. The summed E-state index contributed by atoms with van der Waals surface area (Å²) in [5.41, 5.74) is 0. The Kier molecular flexibility index (Phi) is 6.61. The van der Waals surface area contributed by atoms with Gasteiger partial charge in [-0.3, -0.25) is 0 Å². The van der Waals surface area contributed by atoms with Crippen LogP contribution in [-0.2, 0) is 4.79 Å². The minimum absolute atomic E-state index is 0.575. The summed E-state index contributed by atoms with van der Waals surface area (Å²) in [5.74, 6) is 0. The van der Waals surface area contributed by atoms with Crippen molar-refractivity contribution in [2.24, 2.45) is 0 Å². The Labute approximate surface area is 66.5 Å². The van der Waals surface area contributed by atoms with Gasteiger partial charge in [-0.25, -0.2) is 0 Å². The molecule has 1 atom stereocenters. The molecule has 0 heterocycles. The van der Waals surface area contributed by atoms with Gasteiger partial charge in [0, 0.05) is 0 Å². The summed E-state index contributed by atoms with van der Waals surface area (Å²) >= 11 is -0.771. The molecule has 0 saturated heterocycles. The van der Waals surface area contributed by atoms with Gasteiger partial charge in [-0.15, -0.1) is 0 Å². The third-order valence-corrected chi connectivity index (χ3v) is 2.93. The van der Waals surface area contributed by atoms with Crippen molar-refractivity contribution in [2.75, 3.05) is 0 Å². The zero-order valence-electron chi connectivity index (χ0n) is 5.67. The fourth-order valence-electron chi connectivity index (χ4n) is 0.548. The fraction of sp³-hybridized carbons (Fsp3) is 0.667. The number of rotatable bonds is 6. The van der Waals surface area contributed by atoms with Crippen LogP contribution < -0.4 is 0 Å². The van der Waals surface area contributed by atoms with Gasteiger partial charge in [0.25, 0.3) is 0 Å². The van der Waals surface area contributed by atoms with Crippen molar-refractivity contribution in [1.29, 1.82) is 0 Å². The first-order chi connectivity index (χ1) is 4.77. The molecule has 0 aliphatic carbocycles. The van der Waals surface area contributed by atoms with Crippen LogP contribution in [0.5, 0.6) is 0 Å². The van der Waals surface area contributed by atoms with Gasteiger partial charge in [0.2, 0.25) is 0 Å². The summed E-state index contributed by atoms with van der Waals surface area (Å²) in [6.45, 7) is 0. The third kappa shape index (κ3) is 7.70. The van der Waals surface area contributed by atoms with E-state index in [1.165, 1.54) is 0 Å². The molecule has 0 aromatic carbocycles. The van der Waals surface area contributed by atoms with Crippen LogP contribution >= 0.6 is 0 Å². The van der Waals surface area contributed by atoms with Gasteiger partial charge in [-0.2, -0.15) is 0 Å². The Hall–Kier alpha value is -0.302. The standard InChI is InChI=1S/C6H11AsO3/c8-5-3-1-2-4-7-6(9)10/h5,7H,1-4H2,(H,9,10). The summed E-state index contributed by atoms with van der Waals surface area (Å²) in [5, 5.41) is 9.06. The molecule has 0 aliphatic heterocycles. The van der Waals surface area contributed by atoms with Crippen LogP contribution in [0, 0.1) is 0 Å². The molecule has 0 saturated carbocycles. The molecule has 1 unspecified atom stereocenters. The number of hydrogen-bond acceptors (Lipinski definition) is 2. The fourth-order valence-corrected chi connectivity index (χ4v) is 1.89. The number of aldehydes is 1. The van der Waals surface area contributed by atoms with Crippen molar-refractivity contribution in [3.8, 4) is 0 Å². The molecule has 1 N–H and O–H groups in total. The second-order valence-electron chi connectivity index (χ2n) is 1.89. The minimum atomic E-state index is -0.771. The molecule has 0 bridgehead atoms. The molecule has 0 aromatic heterocycles. The van der Waals surface area contributed by atoms with Crippen molar-refractivity contribution in [3.05, 3.63) is 0 Å². The van der Waals surface area contributed by atoms with E-state index in [1.807, 2.05) is 0 Å². The Bertz CT molecular complexity index is 114. The Balaban J connectivity index is 2.90. The van der Waals surface area contributed by atoms with Crippen molar-refractivity contribution in [3.63, 3.8) is 0 Å². The molecule has 0 aromatic rings. The van der Waals surface area contributed by atoms with Crippen LogP contribution in [-0.4, -0.2) is 31.9 Å². The average molecular weight is 206 g/mol. The number of carbonyl (C=O) groups excluding carboxylic acids is 1. The number of unbranched alkanes of at least 4 members (excludes halogenated alkanes) is 2. The van der Waals surface area contributed by atoms with Crippen molar-refractivity contribution >= 4 is 26.8 Å². The van der Waals surface area contributed by atoms with Gasteiger partial charge >= 0.3 is 66.0 Å². The topological polar surface area (TPSA) is 54.4 Å². The van der Waals surface area contributed by atoms with Crippen LogP contribution in [0.3, 0.4) is 0 Å². The van der Waals surface area contributed by atoms with Crippen LogP contribution in [0.1, 0.15) is 19.3 Å². The number of carbonyl (C=O) groups is 2. The molecular weight excluding hydrogens is 195 g/mol. The van der Waals surface area contributed by atoms with Crippen molar-refractivity contribution < 1.29 is 14.7 Å². The Morgan fingerprint density at radius 1 is 1.50 bits per heavy atom. The molecule has 0 rings (SSSR count). The van der Waals surface area contributed by atoms with Crippen LogP contribution in [0.4, 0.5) is 4.79 Å². The van der Waals surface area contributed by atoms with Gasteiger partial charge < -0.3 is 0 Å². The average Bonchev–Trinajstić information content (AvgIpc) is 1.87. The number of carboxylic acid groups (broad SMARTS) is 1. The summed E-state index contributed by atoms with van der Waals surface area (Å²) in [4.78, 5) is 19.8. The van der Waals surface area contributed by atoms with Gasteiger partial charge in [0.15, 0.2) is 0 Å². The normalized spacial score (nSPS) is 10.4. The molecule has 4 heteroatoms. The van der Waals surface area contributed by atoms with E-state index < -0.39 is 20.5 Å². The zero-order chi connectivity index (χ0) is 7.82. The first-order valence-corrected chi connectivity index (χ1v) is 5.71. The number of hydrogen-bond donors (Lipinski definition) is 1. The van der Waals surface area contributed by atoms with E-state index in [4.69, 9.17) is 5.11 Å². The monoisotopic (exact) mass is 206 g/mol. The van der Waals surface area contributed by atoms with Crippen LogP contribution in [0.2, 0.25) is 5.21 Å². The molecule has 0 fully saturated rings. The predicted molar refractivity (Wildman–Crippen MR) is 39.9 cm³/mol. The van der Waals surface area contributed by atoms with E-state index in [9.17, 15) is 9.59 Å². The molecule has 0 spiro atoms. The molecule has 0 radical (unpaired) electrons. The van der Waals surface area contributed by atoms with Crippen molar-refractivity contribution in [2.45, 2.75) is 24.5 Å². The van der Waals surface area contributed by atoms with E-state index >= 15 is 0 Å². The van der Waals surface area contributed by atoms with Gasteiger partial charge in [-0.05, 0) is 0 Å². The van der Waals surface area contributed by atoms with E-state index in [-0.39, 0.29) is 0 Å². The second-order valence-corrected chi connectivity index (χ2v) is 4.58. The Morgan fingerprint density at radius 3 is 2.70 bits per heavy atom. The summed E-state index contributed by atoms with van der Waals surface area (Å²) < 4.78 is -0.633. The van der Waals surface area contributed by atoms with Gasteiger partial charge in [0.05, 0.1) is 0 Å². The Morgan fingerprint density at radius 2 is 2.20 bits per heavy atom. The molecule has 3 nitrogen and oxygen atoms in total. The molecule has 0 aliphatic rings. The molecule has 58 valence electrons. The SMILES string of the molecule is O=CCCCC[AsH]C(=O)O. The first-order valence-electron chi connectivity index (χ1n) is 3.18. The van der Waals surface area contributed by atoms with E-state index in [1.54, 1.807) is 0 Å². The van der Waals surface area contributed by atoms with Gasteiger partial charge in [-0.1, -0.05) is 0 Å². The summed E-state index contributed by atoms with van der Waals surface area (Å²) in [7, 11) is 0. The third-order valence-electron chi connectivity index (χ3n) is 1.02. The summed E-state index contributed by atoms with van der Waals surface area (Å²) in [6, 6.07) is 0. The maximum absolute atomic E-state index is 10.0. The van der Waals surface area contributed by atoms with E-state index in [0.29, 0.717) is 6.42 Å². The van der Waals surface area contributed by atoms with E-state index in [2.05, 4.69) is 0 Å². The maximum atomic E-state index is 10.0. The van der Waals surface area contributed by atoms with Crippen LogP contribution in [0.15, 0.2) is 0 Å². The first kappa shape index (κ1) is 9.70. The quantitative estimate of drug-likeness (QED) is 0.399. The molecular formula is C6H11AsO3. The van der Waals surface area contributed by atoms with Gasteiger partial charge in [0.1, 0.15) is 0 Å². The predicted octanol–water partition coefficient (Wildman–Crippen LogP) is 0.888. The molecule has 10 heavy (non-hydrogen) atoms. The zero-order valence-corrected chi connectivity index (χ0v) is 7.77.